The minimum Gasteiger partial charge on any atom is -0.343 e. The molecule has 2 aromatic heterocycles. The van der Waals surface area contributed by atoms with Crippen molar-refractivity contribution < 1.29 is 13.2 Å². The molecule has 0 radical (unpaired) electrons. The zero-order valence-electron chi connectivity index (χ0n) is 18.1. The Morgan fingerprint density at radius 1 is 1.19 bits per heavy atom. The number of halogens is 1. The second-order valence-electron chi connectivity index (χ2n) is 8.81. The maximum absolute atomic E-state index is 13.3. The van der Waals surface area contributed by atoms with Gasteiger partial charge in [-0.05, 0) is 55.2 Å². The van der Waals surface area contributed by atoms with Crippen LogP contribution in [-0.4, -0.2) is 48.0 Å². The van der Waals surface area contributed by atoms with Crippen LogP contribution in [-0.2, 0) is 33.3 Å². The summed E-state index contributed by atoms with van der Waals surface area (Å²) in [4.78, 5) is 19.4. The van der Waals surface area contributed by atoms with Crippen molar-refractivity contribution in [3.05, 3.63) is 59.0 Å². The van der Waals surface area contributed by atoms with Crippen LogP contribution in [0.1, 0.15) is 30.5 Å². The maximum atomic E-state index is 13.3. The molecule has 0 atom stereocenters. The van der Waals surface area contributed by atoms with Gasteiger partial charge in [-0.3, -0.25) is 9.78 Å². The number of carbonyl (C=O) groups is 1. The van der Waals surface area contributed by atoms with Crippen LogP contribution in [0, 0.1) is 0 Å². The van der Waals surface area contributed by atoms with Crippen LogP contribution < -0.4 is 4.90 Å². The molecule has 2 aliphatic rings. The fourth-order valence-corrected chi connectivity index (χ4v) is 5.74. The van der Waals surface area contributed by atoms with Gasteiger partial charge >= 0.3 is 0 Å². The fraction of sp³-hybridized carbons (Fsp3) is 0.391. The van der Waals surface area contributed by atoms with Crippen molar-refractivity contribution >= 4 is 44.1 Å². The van der Waals surface area contributed by atoms with Gasteiger partial charge in [0, 0.05) is 48.5 Å². The number of hydrogen-bond acceptors (Lipinski definition) is 4. The molecule has 1 saturated carbocycles. The van der Waals surface area contributed by atoms with E-state index in [2.05, 4.69) is 9.55 Å². The molecule has 7 nitrogen and oxygen atoms in total. The quantitative estimate of drug-likeness (QED) is 0.527. The van der Waals surface area contributed by atoms with Crippen molar-refractivity contribution in [1.29, 1.82) is 0 Å². The summed E-state index contributed by atoms with van der Waals surface area (Å²) in [5, 5.41) is 1.61. The van der Waals surface area contributed by atoms with Crippen molar-refractivity contribution in [1.82, 2.24) is 13.9 Å². The van der Waals surface area contributed by atoms with E-state index in [1.54, 1.807) is 26.5 Å². The molecule has 5 rings (SSSR count). The van der Waals surface area contributed by atoms with Crippen LogP contribution in [0.25, 0.3) is 10.9 Å². The van der Waals surface area contributed by atoms with Gasteiger partial charge in [-0.25, -0.2) is 12.7 Å². The number of sulfonamides is 1. The average molecular weight is 473 g/mol. The average Bonchev–Trinajstić information content (AvgIpc) is 3.45. The van der Waals surface area contributed by atoms with E-state index in [0.717, 1.165) is 40.7 Å². The number of aromatic nitrogens is 2. The van der Waals surface area contributed by atoms with Gasteiger partial charge in [-0.2, -0.15) is 0 Å². The van der Waals surface area contributed by atoms with Crippen LogP contribution in [0.15, 0.2) is 42.7 Å². The maximum Gasteiger partial charge on any atom is 0.238 e. The smallest absolute Gasteiger partial charge is 0.238 e. The minimum absolute atomic E-state index is 0.0607. The summed E-state index contributed by atoms with van der Waals surface area (Å²) < 4.78 is 27.8. The SMILES string of the molecule is CN(C)S(=O)(=O)CCCn1c(CN2C(=O)C3(CC3)c3ccncc32)cc2cc(Cl)ccc21. The highest BCUT2D eigenvalue weighted by Gasteiger charge is 2.59. The lowest BCUT2D eigenvalue weighted by Gasteiger charge is -2.20. The molecule has 3 aromatic rings. The van der Waals surface area contributed by atoms with Gasteiger partial charge in [-0.15, -0.1) is 0 Å². The third-order valence-electron chi connectivity index (χ3n) is 6.62. The van der Waals surface area contributed by atoms with Crippen LogP contribution in [0.5, 0.6) is 0 Å². The Morgan fingerprint density at radius 3 is 2.69 bits per heavy atom. The number of nitrogens with zero attached hydrogens (tertiary/aromatic N) is 4. The number of rotatable bonds is 7. The van der Waals surface area contributed by atoms with Gasteiger partial charge in [0.1, 0.15) is 0 Å². The van der Waals surface area contributed by atoms with Crippen molar-refractivity contribution in [3.8, 4) is 0 Å². The summed E-state index contributed by atoms with van der Waals surface area (Å²) >= 11 is 6.22. The summed E-state index contributed by atoms with van der Waals surface area (Å²) in [5.41, 5.74) is 3.50. The molecule has 3 heterocycles. The number of pyridine rings is 1. The molecule has 1 aliphatic heterocycles. The number of anilines is 1. The predicted octanol–water partition coefficient (Wildman–Crippen LogP) is 3.55. The third kappa shape index (κ3) is 3.41. The number of aryl methyl sites for hydroxylation is 1. The fourth-order valence-electron chi connectivity index (χ4n) is 4.70. The molecule has 168 valence electrons. The lowest BCUT2D eigenvalue weighted by atomic mass is 9.99. The second kappa shape index (κ2) is 7.57. The van der Waals surface area contributed by atoms with Crippen molar-refractivity contribution in [3.63, 3.8) is 0 Å². The van der Waals surface area contributed by atoms with Gasteiger partial charge in [0.25, 0.3) is 0 Å². The molecular weight excluding hydrogens is 448 g/mol. The van der Waals surface area contributed by atoms with Crippen molar-refractivity contribution in [2.24, 2.45) is 0 Å². The molecular formula is C23H25ClN4O3S. The van der Waals surface area contributed by atoms with E-state index in [-0.39, 0.29) is 17.1 Å². The van der Waals surface area contributed by atoms with Gasteiger partial charge in [0.2, 0.25) is 15.9 Å². The number of benzene rings is 1. The molecule has 1 fully saturated rings. The Bertz CT molecular complexity index is 1330. The van der Waals surface area contributed by atoms with Crippen LogP contribution in [0.4, 0.5) is 5.69 Å². The Balaban J connectivity index is 1.49. The van der Waals surface area contributed by atoms with E-state index >= 15 is 0 Å². The van der Waals surface area contributed by atoms with E-state index in [1.807, 2.05) is 35.2 Å². The lowest BCUT2D eigenvalue weighted by Crippen LogP contribution is -2.32. The van der Waals surface area contributed by atoms with E-state index in [0.29, 0.717) is 24.5 Å². The Morgan fingerprint density at radius 2 is 1.97 bits per heavy atom. The monoisotopic (exact) mass is 472 g/mol. The van der Waals surface area contributed by atoms with Gasteiger partial charge in [0.05, 0.1) is 29.6 Å². The molecule has 0 bridgehead atoms. The summed E-state index contributed by atoms with van der Waals surface area (Å²) in [5.74, 6) is 0.191. The first-order chi connectivity index (χ1) is 15.2. The molecule has 1 aliphatic carbocycles. The Hall–Kier alpha value is -2.42. The number of fused-ring (bicyclic) bond motifs is 3. The van der Waals surface area contributed by atoms with Crippen molar-refractivity contribution in [2.45, 2.75) is 37.8 Å². The summed E-state index contributed by atoms with van der Waals surface area (Å²) in [6.07, 6.45) is 5.74. The van der Waals surface area contributed by atoms with Gasteiger partial charge in [0.15, 0.2) is 0 Å². The first-order valence-corrected chi connectivity index (χ1v) is 12.7. The second-order valence-corrected chi connectivity index (χ2v) is 11.5. The molecule has 0 saturated heterocycles. The summed E-state index contributed by atoms with van der Waals surface area (Å²) in [6.45, 7) is 0.937. The molecule has 1 spiro atoms. The summed E-state index contributed by atoms with van der Waals surface area (Å²) in [7, 11) is -0.181. The van der Waals surface area contributed by atoms with E-state index in [1.165, 1.54) is 4.31 Å². The first-order valence-electron chi connectivity index (χ1n) is 10.7. The largest absolute Gasteiger partial charge is 0.343 e. The molecule has 32 heavy (non-hydrogen) atoms. The predicted molar refractivity (Wildman–Crippen MR) is 125 cm³/mol. The highest BCUT2D eigenvalue weighted by atomic mass is 35.5. The van der Waals surface area contributed by atoms with E-state index < -0.39 is 10.0 Å². The minimum atomic E-state index is -3.28. The third-order valence-corrected chi connectivity index (χ3v) is 8.77. The molecule has 0 unspecified atom stereocenters. The summed E-state index contributed by atoms with van der Waals surface area (Å²) in [6, 6.07) is 9.69. The lowest BCUT2D eigenvalue weighted by molar-refractivity contribution is -0.120. The Kier molecular flexibility index (Phi) is 5.07. The number of carbonyl (C=O) groups excluding carboxylic acids is 1. The highest BCUT2D eigenvalue weighted by Crippen LogP contribution is 2.57. The number of amides is 1. The Labute approximate surface area is 192 Å². The molecule has 0 N–H and O–H groups in total. The van der Waals surface area contributed by atoms with Crippen LogP contribution in [0.3, 0.4) is 0 Å². The van der Waals surface area contributed by atoms with Gasteiger partial charge in [-0.1, -0.05) is 11.6 Å². The molecule has 1 aromatic carbocycles. The van der Waals surface area contributed by atoms with Gasteiger partial charge < -0.3 is 9.47 Å². The normalized spacial score (nSPS) is 17.0. The van der Waals surface area contributed by atoms with Crippen LogP contribution in [0.2, 0.25) is 5.02 Å². The topological polar surface area (TPSA) is 75.5 Å². The van der Waals surface area contributed by atoms with E-state index in [4.69, 9.17) is 11.6 Å². The zero-order valence-corrected chi connectivity index (χ0v) is 19.7. The molecule has 1 amide bonds. The van der Waals surface area contributed by atoms with Crippen LogP contribution >= 0.6 is 11.6 Å². The van der Waals surface area contributed by atoms with E-state index in [9.17, 15) is 13.2 Å². The zero-order chi connectivity index (χ0) is 22.7. The first kappa shape index (κ1) is 21.4. The standard InChI is InChI=1S/C23H25ClN4O3S/c1-26(2)32(30,31)11-3-10-27-18(13-16-12-17(24)4-5-20(16)27)15-28-21-14-25-9-6-19(21)23(7-8-23)22(28)29/h4-6,9,12-14H,3,7-8,10-11,15H2,1-2H3. The number of hydrogen-bond donors (Lipinski definition) is 0. The molecule has 9 heteroatoms. The highest BCUT2D eigenvalue weighted by molar-refractivity contribution is 7.89. The van der Waals surface area contributed by atoms with Crippen molar-refractivity contribution in [2.75, 3.05) is 24.7 Å².